The summed E-state index contributed by atoms with van der Waals surface area (Å²) >= 11 is 0. The lowest BCUT2D eigenvalue weighted by atomic mass is 10.0. The topological polar surface area (TPSA) is 116 Å². The number of pyridine rings is 2. The minimum atomic E-state index is -0.541. The molecule has 194 valence electrons. The summed E-state index contributed by atoms with van der Waals surface area (Å²) in [5, 5.41) is 2.62. The molecule has 1 amide bonds. The Labute approximate surface area is 218 Å². The van der Waals surface area contributed by atoms with Gasteiger partial charge in [-0.15, -0.1) is 0 Å². The first kappa shape index (κ1) is 26.3. The monoisotopic (exact) mass is 515 g/mol. The zero-order valence-electron chi connectivity index (χ0n) is 21.1. The third-order valence-corrected chi connectivity index (χ3v) is 6.14. The molecule has 3 heterocycles. The quantitative estimate of drug-likeness (QED) is 0.334. The SMILES string of the molecule is CC[C@@H](C)C(=O)Nc1ncc(-c2cnccc2OC)n(Cc2cncc(C(=O)c3ccc(F)cc3)c2)c1=O. The highest BCUT2D eigenvalue weighted by molar-refractivity contribution is 6.08. The van der Waals surface area contributed by atoms with Crippen LogP contribution in [0.3, 0.4) is 0 Å². The van der Waals surface area contributed by atoms with Crippen molar-refractivity contribution in [1.82, 2.24) is 19.5 Å². The van der Waals surface area contributed by atoms with Gasteiger partial charge in [0.25, 0.3) is 5.56 Å². The van der Waals surface area contributed by atoms with Gasteiger partial charge in [0.1, 0.15) is 11.6 Å². The van der Waals surface area contributed by atoms with Gasteiger partial charge < -0.3 is 10.1 Å². The van der Waals surface area contributed by atoms with Gasteiger partial charge in [-0.25, -0.2) is 9.37 Å². The predicted octanol–water partition coefficient (Wildman–Crippen LogP) is 4.11. The Hall–Kier alpha value is -4.73. The van der Waals surface area contributed by atoms with Gasteiger partial charge in [0.05, 0.1) is 31.1 Å². The predicted molar refractivity (Wildman–Crippen MR) is 140 cm³/mol. The zero-order valence-corrected chi connectivity index (χ0v) is 21.1. The van der Waals surface area contributed by atoms with Gasteiger partial charge in [-0.1, -0.05) is 13.8 Å². The molecular weight excluding hydrogens is 489 g/mol. The minimum absolute atomic E-state index is 0.0124. The summed E-state index contributed by atoms with van der Waals surface area (Å²) in [6.07, 6.45) is 8.13. The van der Waals surface area contributed by atoms with Crippen molar-refractivity contribution in [1.29, 1.82) is 0 Å². The number of aromatic nitrogens is 4. The highest BCUT2D eigenvalue weighted by Gasteiger charge is 2.20. The number of carbonyl (C=O) groups excluding carboxylic acids is 2. The van der Waals surface area contributed by atoms with Crippen molar-refractivity contribution in [2.24, 2.45) is 5.92 Å². The van der Waals surface area contributed by atoms with Crippen molar-refractivity contribution in [2.45, 2.75) is 26.8 Å². The molecule has 0 bridgehead atoms. The molecule has 38 heavy (non-hydrogen) atoms. The van der Waals surface area contributed by atoms with Crippen molar-refractivity contribution >= 4 is 17.5 Å². The van der Waals surface area contributed by atoms with Gasteiger partial charge in [0, 0.05) is 41.8 Å². The van der Waals surface area contributed by atoms with Crippen LogP contribution in [0.25, 0.3) is 11.3 Å². The second-order valence-corrected chi connectivity index (χ2v) is 8.68. The maximum Gasteiger partial charge on any atom is 0.294 e. The van der Waals surface area contributed by atoms with E-state index in [1.165, 1.54) is 54.5 Å². The second-order valence-electron chi connectivity index (χ2n) is 8.68. The molecule has 3 aromatic heterocycles. The highest BCUT2D eigenvalue weighted by Crippen LogP contribution is 2.28. The Morgan fingerprint density at radius 3 is 2.53 bits per heavy atom. The minimum Gasteiger partial charge on any atom is -0.496 e. The first-order chi connectivity index (χ1) is 18.3. The molecule has 0 saturated heterocycles. The van der Waals surface area contributed by atoms with Crippen molar-refractivity contribution in [3.05, 3.63) is 100 Å². The van der Waals surface area contributed by atoms with Crippen LogP contribution in [0.15, 0.2) is 72.2 Å². The van der Waals surface area contributed by atoms with E-state index in [1.54, 1.807) is 31.5 Å². The van der Waals surface area contributed by atoms with Crippen LogP contribution in [0.4, 0.5) is 10.2 Å². The number of hydrogen-bond donors (Lipinski definition) is 1. The van der Waals surface area contributed by atoms with E-state index >= 15 is 0 Å². The summed E-state index contributed by atoms with van der Waals surface area (Å²) in [5.41, 5.74) is 1.52. The Balaban J connectivity index is 1.77. The normalized spacial score (nSPS) is 11.6. The molecule has 0 unspecified atom stereocenters. The number of benzene rings is 1. The van der Waals surface area contributed by atoms with Crippen LogP contribution in [0.5, 0.6) is 5.75 Å². The first-order valence-corrected chi connectivity index (χ1v) is 12.0. The number of halogens is 1. The molecule has 0 aliphatic carbocycles. The number of ether oxygens (including phenoxy) is 1. The number of anilines is 1. The number of carbonyl (C=O) groups is 2. The van der Waals surface area contributed by atoms with Crippen molar-refractivity contribution in [3.63, 3.8) is 0 Å². The molecule has 1 atom stereocenters. The molecule has 0 fully saturated rings. The molecule has 1 aromatic carbocycles. The summed E-state index contributed by atoms with van der Waals surface area (Å²) < 4.78 is 20.2. The fourth-order valence-electron chi connectivity index (χ4n) is 3.77. The number of rotatable bonds is 9. The molecule has 0 saturated carbocycles. The van der Waals surface area contributed by atoms with E-state index in [0.29, 0.717) is 34.6 Å². The number of nitrogens with one attached hydrogen (secondary N) is 1. The van der Waals surface area contributed by atoms with Gasteiger partial charge in [0.2, 0.25) is 5.91 Å². The van der Waals surface area contributed by atoms with E-state index in [-0.39, 0.29) is 35.5 Å². The van der Waals surface area contributed by atoms with Crippen molar-refractivity contribution in [2.75, 3.05) is 12.4 Å². The molecule has 10 heteroatoms. The molecule has 0 aliphatic rings. The van der Waals surface area contributed by atoms with Crippen LogP contribution < -0.4 is 15.6 Å². The van der Waals surface area contributed by atoms with Crippen LogP contribution in [0, 0.1) is 11.7 Å². The van der Waals surface area contributed by atoms with E-state index in [2.05, 4.69) is 20.3 Å². The van der Waals surface area contributed by atoms with E-state index in [1.807, 2.05) is 6.92 Å². The second kappa shape index (κ2) is 11.5. The maximum absolute atomic E-state index is 13.6. The fraction of sp³-hybridized carbons (Fsp3) is 0.214. The molecule has 4 rings (SSSR count). The van der Waals surface area contributed by atoms with Crippen LogP contribution in [0.2, 0.25) is 0 Å². The molecule has 4 aromatic rings. The molecule has 0 aliphatic heterocycles. The van der Waals surface area contributed by atoms with Gasteiger partial charge in [-0.3, -0.25) is 28.9 Å². The van der Waals surface area contributed by atoms with Gasteiger partial charge in [0.15, 0.2) is 11.6 Å². The fourth-order valence-corrected chi connectivity index (χ4v) is 3.77. The summed E-state index contributed by atoms with van der Waals surface area (Å²) in [4.78, 5) is 51.6. The summed E-state index contributed by atoms with van der Waals surface area (Å²) in [5.74, 6) is -1.04. The van der Waals surface area contributed by atoms with E-state index < -0.39 is 11.4 Å². The standard InChI is InChI=1S/C28H26FN5O4/c1-4-17(2)27(36)33-26-28(37)34(23(15-32-26)22-14-30-10-9-24(22)38-3)16-18-11-20(13-31-12-18)25(35)19-5-7-21(29)8-6-19/h5-15,17H,4,16H2,1-3H3,(H,32,33,36)/t17-/m1/s1. The lowest BCUT2D eigenvalue weighted by Crippen LogP contribution is -2.30. The highest BCUT2D eigenvalue weighted by atomic mass is 19.1. The Bertz CT molecular complexity index is 1540. The average Bonchev–Trinajstić information content (AvgIpc) is 2.95. The molecule has 0 spiro atoms. The van der Waals surface area contributed by atoms with Crippen LogP contribution in [-0.2, 0) is 11.3 Å². The maximum atomic E-state index is 13.6. The summed E-state index contributed by atoms with van der Waals surface area (Å²) in [7, 11) is 1.50. The number of amides is 1. The largest absolute Gasteiger partial charge is 0.496 e. The summed E-state index contributed by atoms with van der Waals surface area (Å²) in [6, 6.07) is 8.50. The number of hydrogen-bond acceptors (Lipinski definition) is 7. The van der Waals surface area contributed by atoms with Gasteiger partial charge >= 0.3 is 0 Å². The molecule has 9 nitrogen and oxygen atoms in total. The first-order valence-electron chi connectivity index (χ1n) is 12.0. The van der Waals surface area contributed by atoms with E-state index in [4.69, 9.17) is 4.74 Å². The van der Waals surface area contributed by atoms with E-state index in [0.717, 1.165) is 0 Å². The smallest absolute Gasteiger partial charge is 0.294 e. The Morgan fingerprint density at radius 1 is 1.05 bits per heavy atom. The van der Waals surface area contributed by atoms with Crippen LogP contribution in [-0.4, -0.2) is 38.3 Å². The van der Waals surface area contributed by atoms with Crippen molar-refractivity contribution < 1.29 is 18.7 Å². The molecule has 1 N–H and O–H groups in total. The molecule has 0 radical (unpaired) electrons. The Kier molecular flexibility index (Phi) is 8.00. The zero-order chi connectivity index (χ0) is 27.2. The third kappa shape index (κ3) is 5.64. The Morgan fingerprint density at radius 2 is 1.82 bits per heavy atom. The molecular formula is C28H26FN5O4. The van der Waals surface area contributed by atoms with Gasteiger partial charge in [-0.05, 0) is 48.4 Å². The third-order valence-electron chi connectivity index (χ3n) is 6.14. The number of methoxy groups -OCH3 is 1. The van der Waals surface area contributed by atoms with Crippen LogP contribution >= 0.6 is 0 Å². The number of ketones is 1. The van der Waals surface area contributed by atoms with E-state index in [9.17, 15) is 18.8 Å². The van der Waals surface area contributed by atoms with Gasteiger partial charge in [-0.2, -0.15) is 0 Å². The number of nitrogens with zero attached hydrogens (tertiary/aromatic N) is 4. The van der Waals surface area contributed by atoms with Crippen molar-refractivity contribution in [3.8, 4) is 17.0 Å². The lowest BCUT2D eigenvalue weighted by molar-refractivity contribution is -0.119. The lowest BCUT2D eigenvalue weighted by Gasteiger charge is -2.17. The van der Waals surface area contributed by atoms with Crippen LogP contribution in [0.1, 0.15) is 41.8 Å². The average molecular weight is 516 g/mol. The summed E-state index contributed by atoms with van der Waals surface area (Å²) in [6.45, 7) is 3.65.